The Morgan fingerprint density at radius 1 is 1.12 bits per heavy atom. The first-order chi connectivity index (χ1) is 11.6. The molecule has 0 aliphatic carbocycles. The zero-order chi connectivity index (χ0) is 16.9. The Morgan fingerprint density at radius 2 is 1.92 bits per heavy atom. The molecule has 0 aliphatic rings. The molecule has 24 heavy (non-hydrogen) atoms. The predicted molar refractivity (Wildman–Crippen MR) is 96.4 cm³/mol. The second kappa shape index (κ2) is 7.18. The summed E-state index contributed by atoms with van der Waals surface area (Å²) in [6.45, 7) is 1.76. The molecule has 0 fully saturated rings. The Balaban J connectivity index is 1.83. The van der Waals surface area contributed by atoms with Gasteiger partial charge in [0.15, 0.2) is 5.82 Å². The molecule has 2 heterocycles. The molecule has 3 rings (SSSR count). The van der Waals surface area contributed by atoms with Gasteiger partial charge in [-0.2, -0.15) is 0 Å². The highest BCUT2D eigenvalue weighted by Crippen LogP contribution is 2.24. The number of carbonyl (C=O) groups excluding carboxylic acids is 1. The highest BCUT2D eigenvalue weighted by molar-refractivity contribution is 9.10. The van der Waals surface area contributed by atoms with Crippen LogP contribution in [-0.4, -0.2) is 20.9 Å². The molecule has 0 bridgehead atoms. The van der Waals surface area contributed by atoms with Crippen molar-refractivity contribution in [2.75, 3.05) is 10.6 Å². The van der Waals surface area contributed by atoms with Gasteiger partial charge in [-0.15, -0.1) is 0 Å². The lowest BCUT2D eigenvalue weighted by Crippen LogP contribution is -2.15. The van der Waals surface area contributed by atoms with Gasteiger partial charge in [0.1, 0.15) is 6.33 Å². The maximum atomic E-state index is 12.4. The number of nitrogens with zero attached hydrogens (tertiary/aromatic N) is 3. The zero-order valence-corrected chi connectivity index (χ0v) is 14.4. The Kier molecular flexibility index (Phi) is 4.81. The van der Waals surface area contributed by atoms with Crippen LogP contribution in [-0.2, 0) is 0 Å². The monoisotopic (exact) mass is 383 g/mol. The van der Waals surface area contributed by atoms with Gasteiger partial charge < -0.3 is 10.6 Å². The molecule has 0 saturated carbocycles. The number of halogens is 1. The summed E-state index contributed by atoms with van der Waals surface area (Å²) in [6, 6.07) is 11.2. The molecule has 0 atom stereocenters. The maximum Gasteiger partial charge on any atom is 0.259 e. The van der Waals surface area contributed by atoms with E-state index in [0.29, 0.717) is 22.8 Å². The molecule has 7 heteroatoms. The van der Waals surface area contributed by atoms with E-state index in [9.17, 15) is 4.79 Å². The minimum absolute atomic E-state index is 0.278. The van der Waals surface area contributed by atoms with Gasteiger partial charge in [-0.05, 0) is 43.3 Å². The summed E-state index contributed by atoms with van der Waals surface area (Å²) >= 11 is 3.40. The summed E-state index contributed by atoms with van der Waals surface area (Å²) in [5, 5.41) is 6.04. The van der Waals surface area contributed by atoms with Gasteiger partial charge in [0, 0.05) is 22.6 Å². The van der Waals surface area contributed by atoms with Crippen molar-refractivity contribution in [2.24, 2.45) is 0 Å². The normalized spacial score (nSPS) is 10.2. The third-order valence-corrected chi connectivity index (χ3v) is 3.85. The maximum absolute atomic E-state index is 12.4. The minimum atomic E-state index is -0.278. The zero-order valence-electron chi connectivity index (χ0n) is 12.8. The standard InChI is InChI=1S/C17H14BrN5O/c1-11-14(9-19-10-21-11)17(24)23-15-3-2-8-20-16(15)22-13-6-4-12(18)5-7-13/h2-10H,1H3,(H,20,22)(H,23,24). The molecule has 0 spiro atoms. The largest absolute Gasteiger partial charge is 0.338 e. The van der Waals surface area contributed by atoms with E-state index in [1.165, 1.54) is 12.5 Å². The topological polar surface area (TPSA) is 79.8 Å². The average Bonchev–Trinajstić information content (AvgIpc) is 2.59. The summed E-state index contributed by atoms with van der Waals surface area (Å²) in [5.74, 6) is 0.280. The molecule has 0 aliphatic heterocycles. The Morgan fingerprint density at radius 3 is 2.67 bits per heavy atom. The van der Waals surface area contributed by atoms with Crippen LogP contribution in [0.2, 0.25) is 0 Å². The number of hydrogen-bond acceptors (Lipinski definition) is 5. The van der Waals surface area contributed by atoms with Gasteiger partial charge in [-0.25, -0.2) is 15.0 Å². The molecule has 2 N–H and O–H groups in total. The van der Waals surface area contributed by atoms with Crippen LogP contribution >= 0.6 is 15.9 Å². The van der Waals surface area contributed by atoms with Gasteiger partial charge >= 0.3 is 0 Å². The van der Waals surface area contributed by atoms with E-state index in [0.717, 1.165) is 10.2 Å². The molecule has 6 nitrogen and oxygen atoms in total. The van der Waals surface area contributed by atoms with Crippen LogP contribution < -0.4 is 10.6 Å². The van der Waals surface area contributed by atoms with Crippen LogP contribution in [0.5, 0.6) is 0 Å². The van der Waals surface area contributed by atoms with Crippen LogP contribution in [0, 0.1) is 6.92 Å². The third kappa shape index (κ3) is 3.75. The highest BCUT2D eigenvalue weighted by Gasteiger charge is 2.13. The van der Waals surface area contributed by atoms with E-state index < -0.39 is 0 Å². The SMILES string of the molecule is Cc1ncncc1C(=O)Nc1cccnc1Nc1ccc(Br)cc1. The van der Waals surface area contributed by atoms with Gasteiger partial charge in [-0.3, -0.25) is 4.79 Å². The Bertz CT molecular complexity index is 867. The van der Waals surface area contributed by atoms with Crippen molar-refractivity contribution in [1.29, 1.82) is 0 Å². The minimum Gasteiger partial charge on any atom is -0.338 e. The van der Waals surface area contributed by atoms with E-state index in [-0.39, 0.29) is 5.91 Å². The second-order valence-corrected chi connectivity index (χ2v) is 5.92. The Labute approximate surface area is 147 Å². The van der Waals surface area contributed by atoms with Gasteiger partial charge in [0.2, 0.25) is 0 Å². The number of amides is 1. The first-order valence-electron chi connectivity index (χ1n) is 7.19. The Hall–Kier alpha value is -2.80. The predicted octanol–water partition coefficient (Wildman–Crippen LogP) is 3.94. The summed E-state index contributed by atoms with van der Waals surface area (Å²) < 4.78 is 0.988. The average molecular weight is 384 g/mol. The van der Waals surface area contributed by atoms with E-state index in [4.69, 9.17) is 0 Å². The van der Waals surface area contributed by atoms with Crippen molar-refractivity contribution < 1.29 is 4.79 Å². The van der Waals surface area contributed by atoms with Gasteiger partial charge in [0.05, 0.1) is 16.9 Å². The summed E-state index contributed by atoms with van der Waals surface area (Å²) in [5.41, 5.74) is 2.49. The van der Waals surface area contributed by atoms with Crippen molar-refractivity contribution in [3.63, 3.8) is 0 Å². The molecule has 120 valence electrons. The molecule has 2 aromatic heterocycles. The lowest BCUT2D eigenvalue weighted by molar-refractivity contribution is 0.102. The molecule has 1 aromatic carbocycles. The summed E-state index contributed by atoms with van der Waals surface area (Å²) in [7, 11) is 0. The first-order valence-corrected chi connectivity index (χ1v) is 7.98. The van der Waals surface area contributed by atoms with E-state index >= 15 is 0 Å². The van der Waals surface area contributed by atoms with Gasteiger partial charge in [-0.1, -0.05) is 15.9 Å². The van der Waals surface area contributed by atoms with Crippen LogP contribution in [0.25, 0.3) is 0 Å². The highest BCUT2D eigenvalue weighted by atomic mass is 79.9. The number of hydrogen-bond donors (Lipinski definition) is 2. The first kappa shape index (κ1) is 16.1. The fourth-order valence-electron chi connectivity index (χ4n) is 2.08. The number of nitrogens with one attached hydrogen (secondary N) is 2. The number of aromatic nitrogens is 3. The molecule has 0 saturated heterocycles. The van der Waals surface area contributed by atoms with Crippen LogP contribution in [0.15, 0.2) is 59.6 Å². The van der Waals surface area contributed by atoms with E-state index in [2.05, 4.69) is 41.5 Å². The molecular weight excluding hydrogens is 370 g/mol. The van der Waals surface area contributed by atoms with Crippen molar-refractivity contribution in [3.8, 4) is 0 Å². The van der Waals surface area contributed by atoms with Crippen molar-refractivity contribution in [2.45, 2.75) is 6.92 Å². The van der Waals surface area contributed by atoms with Crippen molar-refractivity contribution in [3.05, 3.63) is 70.8 Å². The lowest BCUT2D eigenvalue weighted by atomic mass is 10.2. The van der Waals surface area contributed by atoms with Crippen molar-refractivity contribution in [1.82, 2.24) is 15.0 Å². The fourth-order valence-corrected chi connectivity index (χ4v) is 2.34. The number of rotatable bonds is 4. The number of aryl methyl sites for hydroxylation is 1. The molecule has 0 unspecified atom stereocenters. The molecule has 3 aromatic rings. The lowest BCUT2D eigenvalue weighted by Gasteiger charge is -2.12. The number of pyridine rings is 1. The number of carbonyl (C=O) groups is 1. The second-order valence-electron chi connectivity index (χ2n) is 5.01. The quantitative estimate of drug-likeness (QED) is 0.712. The number of benzene rings is 1. The van der Waals surface area contributed by atoms with Gasteiger partial charge in [0.25, 0.3) is 5.91 Å². The fraction of sp³-hybridized carbons (Fsp3) is 0.0588. The molecule has 0 radical (unpaired) electrons. The van der Waals surface area contributed by atoms with E-state index in [1.54, 1.807) is 25.3 Å². The van der Waals surface area contributed by atoms with Crippen LogP contribution in [0.3, 0.4) is 0 Å². The van der Waals surface area contributed by atoms with E-state index in [1.807, 2.05) is 24.3 Å². The summed E-state index contributed by atoms with van der Waals surface area (Å²) in [4.78, 5) is 24.7. The van der Waals surface area contributed by atoms with Crippen LogP contribution in [0.1, 0.15) is 16.1 Å². The number of anilines is 3. The van der Waals surface area contributed by atoms with Crippen LogP contribution in [0.4, 0.5) is 17.2 Å². The molecular formula is C17H14BrN5O. The molecule has 1 amide bonds. The third-order valence-electron chi connectivity index (χ3n) is 3.32. The smallest absolute Gasteiger partial charge is 0.259 e. The van der Waals surface area contributed by atoms with Crippen molar-refractivity contribution >= 4 is 39.0 Å². The summed E-state index contributed by atoms with van der Waals surface area (Å²) in [6.07, 6.45) is 4.57.